The highest BCUT2D eigenvalue weighted by molar-refractivity contribution is 5.81. The second kappa shape index (κ2) is 8.14. The maximum atomic E-state index is 12.5. The van der Waals surface area contributed by atoms with Crippen molar-refractivity contribution in [2.24, 2.45) is 5.92 Å². The lowest BCUT2D eigenvalue weighted by molar-refractivity contribution is -0.127. The first kappa shape index (κ1) is 16.8. The summed E-state index contributed by atoms with van der Waals surface area (Å²) in [5, 5.41) is 6.65. The minimum atomic E-state index is 0.0213. The highest BCUT2D eigenvalue weighted by Gasteiger charge is 2.36. The van der Waals surface area contributed by atoms with Gasteiger partial charge in [0.2, 0.25) is 5.91 Å². The van der Waals surface area contributed by atoms with E-state index in [9.17, 15) is 4.79 Å². The third-order valence-corrected chi connectivity index (χ3v) is 5.15. The molecule has 0 radical (unpaired) electrons. The second-order valence-corrected chi connectivity index (χ2v) is 6.82. The van der Waals surface area contributed by atoms with Crippen LogP contribution in [0.15, 0.2) is 0 Å². The average Bonchev–Trinajstić information content (AvgIpc) is 3.35. The summed E-state index contributed by atoms with van der Waals surface area (Å²) < 4.78 is 0. The van der Waals surface area contributed by atoms with Gasteiger partial charge in [-0.3, -0.25) is 9.69 Å². The van der Waals surface area contributed by atoms with Crippen molar-refractivity contribution in [1.29, 1.82) is 0 Å². The van der Waals surface area contributed by atoms with Gasteiger partial charge in [0, 0.05) is 18.6 Å². The Kier molecular flexibility index (Phi) is 6.49. The Morgan fingerprint density at radius 3 is 2.33 bits per heavy atom. The molecule has 1 amide bonds. The largest absolute Gasteiger partial charge is 0.352 e. The number of amides is 1. The summed E-state index contributed by atoms with van der Waals surface area (Å²) in [7, 11) is 0. The molecule has 4 heteroatoms. The Morgan fingerprint density at radius 1 is 1.19 bits per heavy atom. The zero-order valence-corrected chi connectivity index (χ0v) is 14.0. The molecule has 2 aliphatic rings. The van der Waals surface area contributed by atoms with Crippen LogP contribution in [0.5, 0.6) is 0 Å². The molecule has 1 unspecified atom stereocenters. The number of hydrogen-bond donors (Lipinski definition) is 2. The molecule has 2 fully saturated rings. The smallest absolute Gasteiger partial charge is 0.237 e. The van der Waals surface area contributed by atoms with E-state index in [-0.39, 0.29) is 11.9 Å². The third-order valence-electron chi connectivity index (χ3n) is 5.15. The molecule has 1 saturated carbocycles. The minimum absolute atomic E-state index is 0.0213. The first-order valence-corrected chi connectivity index (χ1v) is 8.92. The minimum Gasteiger partial charge on any atom is -0.352 e. The molecule has 2 N–H and O–H groups in total. The van der Waals surface area contributed by atoms with E-state index >= 15 is 0 Å². The first-order chi connectivity index (χ1) is 10.2. The van der Waals surface area contributed by atoms with Crippen LogP contribution >= 0.6 is 0 Å². The maximum absolute atomic E-state index is 12.5. The number of carbonyl (C=O) groups excluding carboxylic acids is 1. The second-order valence-electron chi connectivity index (χ2n) is 6.82. The quantitative estimate of drug-likeness (QED) is 0.721. The fourth-order valence-electron chi connectivity index (χ4n) is 3.36. The van der Waals surface area contributed by atoms with Crippen LogP contribution in [-0.4, -0.2) is 48.6 Å². The summed E-state index contributed by atoms with van der Waals surface area (Å²) >= 11 is 0. The molecule has 0 spiro atoms. The van der Waals surface area contributed by atoms with Gasteiger partial charge in [0.1, 0.15) is 0 Å². The van der Waals surface area contributed by atoms with Gasteiger partial charge in [-0.05, 0) is 64.5 Å². The van der Waals surface area contributed by atoms with Crippen molar-refractivity contribution in [3.63, 3.8) is 0 Å². The molecule has 122 valence electrons. The molecule has 1 aliphatic heterocycles. The van der Waals surface area contributed by atoms with Crippen molar-refractivity contribution in [3.8, 4) is 0 Å². The van der Waals surface area contributed by atoms with Crippen LogP contribution in [0.2, 0.25) is 0 Å². The Labute approximate surface area is 130 Å². The molecule has 1 heterocycles. The highest BCUT2D eigenvalue weighted by atomic mass is 16.2. The molecule has 1 aliphatic carbocycles. The summed E-state index contributed by atoms with van der Waals surface area (Å²) in [6.07, 6.45) is 7.09. The highest BCUT2D eigenvalue weighted by Crippen LogP contribution is 2.30. The van der Waals surface area contributed by atoms with Gasteiger partial charge in [-0.2, -0.15) is 0 Å². The lowest BCUT2D eigenvalue weighted by Gasteiger charge is -2.34. The SMILES string of the molecule is CCC(CC)NC(=O)C(C)N(CC1CCNCC1)C1CC1. The Hall–Kier alpha value is -0.610. The number of carbonyl (C=O) groups is 1. The predicted molar refractivity (Wildman–Crippen MR) is 87.3 cm³/mol. The first-order valence-electron chi connectivity index (χ1n) is 8.92. The number of nitrogens with one attached hydrogen (secondary N) is 2. The molecule has 1 atom stereocenters. The van der Waals surface area contributed by atoms with Gasteiger partial charge in [0.05, 0.1) is 6.04 Å². The number of rotatable bonds is 8. The summed E-state index contributed by atoms with van der Waals surface area (Å²) in [6.45, 7) is 9.76. The van der Waals surface area contributed by atoms with Crippen LogP contribution in [0.3, 0.4) is 0 Å². The monoisotopic (exact) mass is 295 g/mol. The van der Waals surface area contributed by atoms with E-state index in [0.29, 0.717) is 12.1 Å². The Balaban J connectivity index is 1.88. The van der Waals surface area contributed by atoms with Gasteiger partial charge in [0.25, 0.3) is 0 Å². The van der Waals surface area contributed by atoms with Gasteiger partial charge in [-0.15, -0.1) is 0 Å². The molecule has 0 aromatic rings. The van der Waals surface area contributed by atoms with Crippen LogP contribution in [0, 0.1) is 5.92 Å². The summed E-state index contributed by atoms with van der Waals surface area (Å²) in [5.74, 6) is 0.986. The van der Waals surface area contributed by atoms with E-state index < -0.39 is 0 Å². The van der Waals surface area contributed by atoms with Crippen LogP contribution < -0.4 is 10.6 Å². The topological polar surface area (TPSA) is 44.4 Å². The van der Waals surface area contributed by atoms with Crippen molar-refractivity contribution < 1.29 is 4.79 Å². The van der Waals surface area contributed by atoms with Gasteiger partial charge in [-0.25, -0.2) is 0 Å². The number of hydrogen-bond acceptors (Lipinski definition) is 3. The van der Waals surface area contributed by atoms with Crippen LogP contribution in [0.1, 0.15) is 59.3 Å². The van der Waals surface area contributed by atoms with E-state index in [4.69, 9.17) is 0 Å². The summed E-state index contributed by atoms with van der Waals surface area (Å²) in [6, 6.07) is 1.01. The van der Waals surface area contributed by atoms with Crippen LogP contribution in [0.4, 0.5) is 0 Å². The Bertz CT molecular complexity index is 320. The molecule has 21 heavy (non-hydrogen) atoms. The third kappa shape index (κ3) is 4.96. The van der Waals surface area contributed by atoms with Crippen molar-refractivity contribution in [1.82, 2.24) is 15.5 Å². The van der Waals surface area contributed by atoms with Crippen molar-refractivity contribution in [2.75, 3.05) is 19.6 Å². The Morgan fingerprint density at radius 2 is 1.81 bits per heavy atom. The zero-order chi connectivity index (χ0) is 15.2. The van der Waals surface area contributed by atoms with Crippen molar-refractivity contribution >= 4 is 5.91 Å². The molecule has 0 aromatic carbocycles. The van der Waals surface area contributed by atoms with Crippen LogP contribution in [0.25, 0.3) is 0 Å². The lowest BCUT2D eigenvalue weighted by Crippen LogP contribution is -2.50. The standard InChI is InChI=1S/C17H33N3O/c1-4-15(5-2)19-17(21)13(3)20(16-6-7-16)12-14-8-10-18-11-9-14/h13-16,18H,4-12H2,1-3H3,(H,19,21). The van der Waals surface area contributed by atoms with Gasteiger partial charge in [0.15, 0.2) is 0 Å². The molecule has 2 rings (SSSR count). The molecular formula is C17H33N3O. The van der Waals surface area contributed by atoms with Gasteiger partial charge in [-0.1, -0.05) is 13.8 Å². The van der Waals surface area contributed by atoms with Crippen LogP contribution in [-0.2, 0) is 4.79 Å². The molecular weight excluding hydrogens is 262 g/mol. The number of piperidine rings is 1. The fraction of sp³-hybridized carbons (Fsp3) is 0.941. The lowest BCUT2D eigenvalue weighted by atomic mass is 9.96. The molecule has 0 aromatic heterocycles. The zero-order valence-electron chi connectivity index (χ0n) is 14.0. The van der Waals surface area contributed by atoms with Crippen molar-refractivity contribution in [2.45, 2.75) is 77.4 Å². The number of nitrogens with zero attached hydrogens (tertiary/aromatic N) is 1. The fourth-order valence-corrected chi connectivity index (χ4v) is 3.36. The summed E-state index contributed by atoms with van der Waals surface area (Å²) in [4.78, 5) is 15.0. The van der Waals surface area contributed by atoms with E-state index in [1.807, 2.05) is 0 Å². The molecule has 0 bridgehead atoms. The average molecular weight is 295 g/mol. The molecule has 4 nitrogen and oxygen atoms in total. The van der Waals surface area contributed by atoms with E-state index in [1.54, 1.807) is 0 Å². The normalized spacial score (nSPS) is 21.8. The van der Waals surface area contributed by atoms with E-state index in [0.717, 1.165) is 38.4 Å². The predicted octanol–water partition coefficient (Wildman–Crippen LogP) is 2.14. The van der Waals surface area contributed by atoms with E-state index in [1.165, 1.54) is 25.7 Å². The van der Waals surface area contributed by atoms with Crippen molar-refractivity contribution in [3.05, 3.63) is 0 Å². The maximum Gasteiger partial charge on any atom is 0.237 e. The molecule has 1 saturated heterocycles. The van der Waals surface area contributed by atoms with E-state index in [2.05, 4.69) is 36.3 Å². The van der Waals surface area contributed by atoms with Gasteiger partial charge >= 0.3 is 0 Å². The summed E-state index contributed by atoms with van der Waals surface area (Å²) in [5.41, 5.74) is 0. The van der Waals surface area contributed by atoms with Gasteiger partial charge < -0.3 is 10.6 Å².